The maximum atomic E-state index is 13.0. The Bertz CT molecular complexity index is 1110. The number of rotatable bonds is 6. The SMILES string of the molecule is CC1(C)C(NC(=O)c2ccc(N3CCC(CO)CC3)nn2)C(C)(C)C1Oc1cnc(C#N)c(Cl)c1. The summed E-state index contributed by atoms with van der Waals surface area (Å²) in [5.41, 5.74) is -0.357. The lowest BCUT2D eigenvalue weighted by Crippen LogP contribution is -2.74. The first-order valence-corrected chi connectivity index (χ1v) is 12.2. The van der Waals surface area contributed by atoms with Crippen LogP contribution in [-0.4, -0.2) is 58.0 Å². The lowest BCUT2D eigenvalue weighted by atomic mass is 9.49. The number of piperidine rings is 1. The van der Waals surface area contributed by atoms with Crippen molar-refractivity contribution >= 4 is 23.3 Å². The third-order valence-corrected chi connectivity index (χ3v) is 7.66. The molecule has 0 aromatic carbocycles. The molecule has 186 valence electrons. The molecule has 10 heteroatoms. The zero-order valence-electron chi connectivity index (χ0n) is 20.5. The van der Waals surface area contributed by atoms with E-state index >= 15 is 0 Å². The van der Waals surface area contributed by atoms with E-state index in [1.54, 1.807) is 12.1 Å². The number of amides is 1. The normalized spacial score (nSPS) is 23.2. The van der Waals surface area contributed by atoms with Crippen molar-refractivity contribution in [2.24, 2.45) is 16.7 Å². The van der Waals surface area contributed by atoms with Gasteiger partial charge in [0, 0.05) is 42.6 Å². The van der Waals surface area contributed by atoms with Crippen LogP contribution in [0.5, 0.6) is 5.75 Å². The Labute approximate surface area is 210 Å². The fraction of sp³-hybridized carbons (Fsp3) is 0.560. The molecule has 0 radical (unpaired) electrons. The van der Waals surface area contributed by atoms with Gasteiger partial charge in [-0.25, -0.2) is 4.98 Å². The summed E-state index contributed by atoms with van der Waals surface area (Å²) in [6.07, 6.45) is 3.10. The molecule has 3 heterocycles. The summed E-state index contributed by atoms with van der Waals surface area (Å²) in [7, 11) is 0. The summed E-state index contributed by atoms with van der Waals surface area (Å²) in [5, 5.41) is 30.2. The molecular formula is C25H31ClN6O3. The molecule has 2 aliphatic rings. The first kappa shape index (κ1) is 25.1. The van der Waals surface area contributed by atoms with Gasteiger partial charge < -0.3 is 20.1 Å². The van der Waals surface area contributed by atoms with E-state index in [1.165, 1.54) is 6.20 Å². The first-order valence-electron chi connectivity index (χ1n) is 11.8. The fourth-order valence-corrected chi connectivity index (χ4v) is 5.87. The largest absolute Gasteiger partial charge is 0.487 e. The second-order valence-corrected chi connectivity index (χ2v) is 11.0. The fourth-order valence-electron chi connectivity index (χ4n) is 5.67. The zero-order chi connectivity index (χ0) is 25.4. The van der Waals surface area contributed by atoms with Gasteiger partial charge in [-0.15, -0.1) is 10.2 Å². The highest BCUT2D eigenvalue weighted by molar-refractivity contribution is 6.31. The van der Waals surface area contributed by atoms with Crippen molar-refractivity contribution in [2.75, 3.05) is 24.6 Å². The van der Waals surface area contributed by atoms with Gasteiger partial charge in [0.1, 0.15) is 17.9 Å². The summed E-state index contributed by atoms with van der Waals surface area (Å²) in [4.78, 5) is 19.2. The van der Waals surface area contributed by atoms with Gasteiger partial charge in [0.05, 0.1) is 11.2 Å². The first-order chi connectivity index (χ1) is 16.6. The van der Waals surface area contributed by atoms with Crippen LogP contribution in [0.2, 0.25) is 5.02 Å². The van der Waals surface area contributed by atoms with Crippen LogP contribution >= 0.6 is 11.6 Å². The van der Waals surface area contributed by atoms with Gasteiger partial charge in [-0.05, 0) is 30.9 Å². The number of nitrogens with one attached hydrogen (secondary N) is 1. The van der Waals surface area contributed by atoms with Gasteiger partial charge in [0.25, 0.3) is 5.91 Å². The quantitative estimate of drug-likeness (QED) is 0.622. The number of hydrogen-bond acceptors (Lipinski definition) is 8. The van der Waals surface area contributed by atoms with Crippen molar-refractivity contribution < 1.29 is 14.6 Å². The highest BCUT2D eigenvalue weighted by Gasteiger charge is 2.64. The predicted octanol–water partition coefficient (Wildman–Crippen LogP) is 3.22. The van der Waals surface area contributed by atoms with Crippen molar-refractivity contribution in [3.63, 3.8) is 0 Å². The number of anilines is 1. The maximum Gasteiger partial charge on any atom is 0.272 e. The maximum absolute atomic E-state index is 13.0. The van der Waals surface area contributed by atoms with E-state index in [0.717, 1.165) is 31.7 Å². The summed E-state index contributed by atoms with van der Waals surface area (Å²) in [6, 6.07) is 6.88. The standard InChI is InChI=1S/C25H31ClN6O3/c1-24(2)22(25(3,4)23(24)35-16-11-17(26)19(12-27)28-13-16)29-21(34)18-5-6-20(31-30-18)32-9-7-15(14-33)8-10-32/h5-6,11,13,15,22-23,33H,7-10,14H2,1-4H3,(H,29,34). The molecule has 2 aromatic rings. The third-order valence-electron chi connectivity index (χ3n) is 7.37. The molecule has 2 aromatic heterocycles. The minimum absolute atomic E-state index is 0.151. The highest BCUT2D eigenvalue weighted by Crippen LogP contribution is 2.55. The van der Waals surface area contributed by atoms with E-state index < -0.39 is 0 Å². The molecule has 0 bridgehead atoms. The number of halogens is 1. The Morgan fingerprint density at radius 1 is 1.26 bits per heavy atom. The predicted molar refractivity (Wildman–Crippen MR) is 131 cm³/mol. The topological polar surface area (TPSA) is 124 Å². The summed E-state index contributed by atoms with van der Waals surface area (Å²) in [6.45, 7) is 10.0. The molecule has 1 saturated heterocycles. The van der Waals surface area contributed by atoms with Crippen LogP contribution in [0.1, 0.15) is 56.7 Å². The zero-order valence-corrected chi connectivity index (χ0v) is 21.2. The van der Waals surface area contributed by atoms with Gasteiger partial charge >= 0.3 is 0 Å². The van der Waals surface area contributed by atoms with Gasteiger partial charge in [-0.3, -0.25) is 4.79 Å². The van der Waals surface area contributed by atoms with Crippen LogP contribution in [0, 0.1) is 28.1 Å². The molecule has 4 rings (SSSR count). The average Bonchev–Trinajstić information content (AvgIpc) is 2.85. The number of nitriles is 1. The minimum atomic E-state index is -0.385. The Morgan fingerprint density at radius 3 is 2.49 bits per heavy atom. The van der Waals surface area contributed by atoms with Crippen molar-refractivity contribution in [3.8, 4) is 11.8 Å². The van der Waals surface area contributed by atoms with Crippen LogP contribution in [0.3, 0.4) is 0 Å². The van der Waals surface area contributed by atoms with Crippen LogP contribution in [0.15, 0.2) is 24.4 Å². The summed E-state index contributed by atoms with van der Waals surface area (Å²) >= 11 is 6.11. The van der Waals surface area contributed by atoms with Crippen molar-refractivity contribution in [1.29, 1.82) is 5.26 Å². The number of hydrogen-bond donors (Lipinski definition) is 2. The van der Waals surface area contributed by atoms with Crippen LogP contribution in [0.4, 0.5) is 5.82 Å². The highest BCUT2D eigenvalue weighted by atomic mass is 35.5. The molecule has 1 amide bonds. The molecule has 9 nitrogen and oxygen atoms in total. The van der Waals surface area contributed by atoms with E-state index in [-0.39, 0.29) is 51.9 Å². The van der Waals surface area contributed by atoms with E-state index in [9.17, 15) is 9.90 Å². The Morgan fingerprint density at radius 2 is 1.94 bits per heavy atom. The number of aliphatic hydroxyl groups excluding tert-OH is 1. The number of carbonyl (C=O) groups excluding carboxylic acids is 1. The van der Waals surface area contributed by atoms with Gasteiger partial charge in [0.15, 0.2) is 17.2 Å². The molecular weight excluding hydrogens is 468 g/mol. The molecule has 0 atom stereocenters. The van der Waals surface area contributed by atoms with Crippen molar-refractivity contribution in [2.45, 2.75) is 52.7 Å². The minimum Gasteiger partial charge on any atom is -0.487 e. The second kappa shape index (κ2) is 9.59. The second-order valence-electron chi connectivity index (χ2n) is 10.6. The molecule has 1 saturated carbocycles. The molecule has 2 fully saturated rings. The molecule has 1 aliphatic heterocycles. The smallest absolute Gasteiger partial charge is 0.272 e. The van der Waals surface area contributed by atoms with E-state index in [2.05, 4.69) is 25.4 Å². The van der Waals surface area contributed by atoms with Crippen molar-refractivity contribution in [3.05, 3.63) is 40.8 Å². The number of carbonyl (C=O) groups is 1. The molecule has 35 heavy (non-hydrogen) atoms. The monoisotopic (exact) mass is 498 g/mol. The molecule has 0 spiro atoms. The van der Waals surface area contributed by atoms with E-state index in [4.69, 9.17) is 21.6 Å². The summed E-state index contributed by atoms with van der Waals surface area (Å²) in [5.74, 6) is 1.28. The number of nitrogens with zero attached hydrogens (tertiary/aromatic N) is 5. The van der Waals surface area contributed by atoms with Gasteiger partial charge in [-0.2, -0.15) is 5.26 Å². The van der Waals surface area contributed by atoms with E-state index in [1.807, 2.05) is 39.8 Å². The Hall–Kier alpha value is -2.96. The van der Waals surface area contributed by atoms with Gasteiger partial charge in [-0.1, -0.05) is 39.3 Å². The number of ether oxygens (including phenoxy) is 1. The number of pyridine rings is 1. The van der Waals surface area contributed by atoms with E-state index in [0.29, 0.717) is 11.7 Å². The molecule has 1 aliphatic carbocycles. The lowest BCUT2D eigenvalue weighted by Gasteiger charge is -2.63. The van der Waals surface area contributed by atoms with Crippen LogP contribution in [-0.2, 0) is 0 Å². The summed E-state index contributed by atoms with van der Waals surface area (Å²) < 4.78 is 6.22. The lowest BCUT2D eigenvalue weighted by molar-refractivity contribution is -0.164. The number of aliphatic hydroxyl groups is 1. The van der Waals surface area contributed by atoms with Crippen LogP contribution in [0.25, 0.3) is 0 Å². The molecule has 2 N–H and O–H groups in total. The number of aromatic nitrogens is 3. The third kappa shape index (κ3) is 4.78. The van der Waals surface area contributed by atoms with Crippen molar-refractivity contribution in [1.82, 2.24) is 20.5 Å². The Kier molecular flexibility index (Phi) is 6.89. The molecule has 0 unspecified atom stereocenters. The average molecular weight is 499 g/mol. The van der Waals surface area contributed by atoms with Gasteiger partial charge in [0.2, 0.25) is 0 Å². The Balaban J connectivity index is 1.40. The van der Waals surface area contributed by atoms with Crippen LogP contribution < -0.4 is 15.0 Å².